The molecule has 1 fully saturated rings. The van der Waals surface area contributed by atoms with E-state index in [1.54, 1.807) is 0 Å². The summed E-state index contributed by atoms with van der Waals surface area (Å²) in [6, 6.07) is 3.19. The monoisotopic (exact) mass is 337 g/mol. The van der Waals surface area contributed by atoms with Crippen LogP contribution >= 0.6 is 0 Å². The molecule has 1 aromatic heterocycles. The van der Waals surface area contributed by atoms with Gasteiger partial charge >= 0.3 is 0 Å². The van der Waals surface area contributed by atoms with E-state index < -0.39 is 29.7 Å². The summed E-state index contributed by atoms with van der Waals surface area (Å²) in [6.45, 7) is 0.191. The molecule has 0 aliphatic carbocycles. The number of ether oxygens (including phenoxy) is 1. The number of rotatable bonds is 4. The third-order valence-corrected chi connectivity index (χ3v) is 3.85. The smallest absolute Gasteiger partial charge is 0.261 e. The van der Waals surface area contributed by atoms with E-state index in [9.17, 15) is 18.7 Å². The average molecular weight is 337 g/mol. The van der Waals surface area contributed by atoms with Crippen molar-refractivity contribution in [2.45, 2.75) is 32.1 Å². The van der Waals surface area contributed by atoms with Crippen molar-refractivity contribution in [1.29, 1.82) is 0 Å². The third kappa shape index (κ3) is 3.29. The molecule has 1 aromatic carbocycles. The molecule has 6 nitrogen and oxygen atoms in total. The lowest BCUT2D eigenvalue weighted by molar-refractivity contribution is -0.0398. The second-order valence-electron chi connectivity index (χ2n) is 5.50. The molecule has 1 amide bonds. The van der Waals surface area contributed by atoms with Crippen LogP contribution in [0.1, 0.15) is 41.5 Å². The Balaban J connectivity index is 1.84. The quantitative estimate of drug-likeness (QED) is 0.899. The maximum absolute atomic E-state index is 13.7. The van der Waals surface area contributed by atoms with Crippen LogP contribution in [-0.2, 0) is 11.3 Å². The van der Waals surface area contributed by atoms with E-state index in [1.165, 1.54) is 16.9 Å². The first-order chi connectivity index (χ1) is 11.6. The fourth-order valence-corrected chi connectivity index (χ4v) is 2.63. The van der Waals surface area contributed by atoms with Crippen LogP contribution in [0.4, 0.5) is 14.5 Å². The molecule has 1 aliphatic heterocycles. The van der Waals surface area contributed by atoms with Crippen molar-refractivity contribution in [2.75, 3.05) is 11.9 Å². The zero-order valence-electron chi connectivity index (χ0n) is 12.8. The van der Waals surface area contributed by atoms with Gasteiger partial charge in [0.1, 0.15) is 29.1 Å². The minimum Gasteiger partial charge on any atom is -0.390 e. The van der Waals surface area contributed by atoms with Crippen LogP contribution in [0.15, 0.2) is 24.4 Å². The van der Waals surface area contributed by atoms with Gasteiger partial charge in [-0.15, -0.1) is 0 Å². The van der Waals surface area contributed by atoms with E-state index in [2.05, 4.69) is 10.4 Å². The van der Waals surface area contributed by atoms with Crippen LogP contribution < -0.4 is 5.32 Å². The second kappa shape index (κ2) is 7.06. The molecule has 0 spiro atoms. The topological polar surface area (TPSA) is 76.4 Å². The number of nitrogens with one attached hydrogen (secondary N) is 1. The Kier molecular flexibility index (Phi) is 4.86. The lowest BCUT2D eigenvalue weighted by Gasteiger charge is -2.22. The van der Waals surface area contributed by atoms with Gasteiger partial charge in [0.05, 0.1) is 18.5 Å². The van der Waals surface area contributed by atoms with Crippen LogP contribution in [0.5, 0.6) is 0 Å². The van der Waals surface area contributed by atoms with E-state index in [1.807, 2.05) is 0 Å². The highest BCUT2D eigenvalue weighted by atomic mass is 19.1. The standard InChI is InChI=1S/C16H17F2N3O3/c17-10-4-3-5-11(18)15(10)16(23)19-12-8-21(20-13(12)9-22)14-6-1-2-7-24-14/h3-5,8,14,22H,1-2,6-7,9H2,(H,19,23). The van der Waals surface area contributed by atoms with Gasteiger partial charge in [-0.05, 0) is 31.4 Å². The fraction of sp³-hybridized carbons (Fsp3) is 0.375. The summed E-state index contributed by atoms with van der Waals surface area (Å²) < 4.78 is 34.5. The molecule has 0 bridgehead atoms. The Morgan fingerprint density at radius 3 is 2.75 bits per heavy atom. The molecular weight excluding hydrogens is 320 g/mol. The minimum atomic E-state index is -0.957. The summed E-state index contributed by atoms with van der Waals surface area (Å²) in [7, 11) is 0. The van der Waals surface area contributed by atoms with Gasteiger partial charge in [0.25, 0.3) is 5.91 Å². The molecule has 1 atom stereocenters. The number of aromatic nitrogens is 2. The zero-order valence-corrected chi connectivity index (χ0v) is 12.8. The molecular formula is C16H17F2N3O3. The summed E-state index contributed by atoms with van der Waals surface area (Å²) in [5, 5.41) is 16.0. The van der Waals surface area contributed by atoms with Gasteiger partial charge in [-0.2, -0.15) is 5.10 Å². The van der Waals surface area contributed by atoms with E-state index in [4.69, 9.17) is 4.74 Å². The molecule has 0 radical (unpaired) electrons. The van der Waals surface area contributed by atoms with Gasteiger partial charge in [-0.25, -0.2) is 13.5 Å². The molecule has 1 saturated heterocycles. The zero-order chi connectivity index (χ0) is 17.1. The molecule has 128 valence electrons. The highest BCUT2D eigenvalue weighted by Crippen LogP contribution is 2.25. The van der Waals surface area contributed by atoms with Gasteiger partial charge in [0, 0.05) is 6.61 Å². The number of aliphatic hydroxyl groups is 1. The molecule has 0 saturated carbocycles. The van der Waals surface area contributed by atoms with Crippen molar-refractivity contribution in [3.63, 3.8) is 0 Å². The maximum Gasteiger partial charge on any atom is 0.261 e. The van der Waals surface area contributed by atoms with E-state index in [-0.39, 0.29) is 17.6 Å². The van der Waals surface area contributed by atoms with Crippen molar-refractivity contribution in [2.24, 2.45) is 0 Å². The first-order valence-corrected chi connectivity index (χ1v) is 7.66. The van der Waals surface area contributed by atoms with E-state index >= 15 is 0 Å². The number of amides is 1. The second-order valence-corrected chi connectivity index (χ2v) is 5.50. The maximum atomic E-state index is 13.7. The van der Waals surface area contributed by atoms with Gasteiger partial charge in [-0.3, -0.25) is 4.79 Å². The van der Waals surface area contributed by atoms with E-state index in [0.717, 1.165) is 31.4 Å². The van der Waals surface area contributed by atoms with Crippen molar-refractivity contribution < 1.29 is 23.4 Å². The summed E-state index contributed by atoms with van der Waals surface area (Å²) in [4.78, 5) is 12.2. The third-order valence-electron chi connectivity index (χ3n) is 3.85. The van der Waals surface area contributed by atoms with Crippen LogP contribution in [0.25, 0.3) is 0 Å². The molecule has 8 heteroatoms. The van der Waals surface area contributed by atoms with Crippen LogP contribution in [0.3, 0.4) is 0 Å². The lowest BCUT2D eigenvalue weighted by atomic mass is 10.2. The number of carbonyl (C=O) groups excluding carboxylic acids is 1. The summed E-state index contributed by atoms with van der Waals surface area (Å²) in [5.41, 5.74) is -0.281. The Labute approximate surface area is 137 Å². The number of aliphatic hydroxyl groups excluding tert-OH is 1. The van der Waals surface area contributed by atoms with Gasteiger partial charge in [0.15, 0.2) is 0 Å². The van der Waals surface area contributed by atoms with Crippen LogP contribution in [0.2, 0.25) is 0 Å². The summed E-state index contributed by atoms with van der Waals surface area (Å²) >= 11 is 0. The van der Waals surface area contributed by atoms with Gasteiger partial charge in [-0.1, -0.05) is 6.07 Å². The van der Waals surface area contributed by atoms with Crippen molar-refractivity contribution in [1.82, 2.24) is 9.78 Å². The van der Waals surface area contributed by atoms with Gasteiger partial charge < -0.3 is 15.2 Å². The number of hydrogen-bond acceptors (Lipinski definition) is 4. The molecule has 3 rings (SSSR count). The molecule has 1 aliphatic rings. The summed E-state index contributed by atoms with van der Waals surface area (Å²) in [5.74, 6) is -2.86. The number of halogens is 2. The largest absolute Gasteiger partial charge is 0.390 e. The lowest BCUT2D eigenvalue weighted by Crippen LogP contribution is -2.18. The van der Waals surface area contributed by atoms with Gasteiger partial charge in [0.2, 0.25) is 0 Å². The number of hydrogen-bond donors (Lipinski definition) is 2. The predicted octanol–water partition coefficient (Wildman–Crippen LogP) is 2.61. The highest BCUT2D eigenvalue weighted by molar-refractivity contribution is 6.04. The summed E-state index contributed by atoms with van der Waals surface area (Å²) in [6.07, 6.45) is 3.95. The Hall–Kier alpha value is -2.32. The predicted molar refractivity (Wildman–Crippen MR) is 81.3 cm³/mol. The van der Waals surface area contributed by atoms with Crippen molar-refractivity contribution in [3.8, 4) is 0 Å². The highest BCUT2D eigenvalue weighted by Gasteiger charge is 2.22. The van der Waals surface area contributed by atoms with Crippen LogP contribution in [-0.4, -0.2) is 27.4 Å². The first-order valence-electron chi connectivity index (χ1n) is 7.66. The minimum absolute atomic E-state index is 0.194. The number of benzene rings is 1. The SMILES string of the molecule is O=C(Nc1cn(C2CCCCO2)nc1CO)c1c(F)cccc1F. The molecule has 2 heterocycles. The van der Waals surface area contributed by atoms with E-state index in [0.29, 0.717) is 6.61 Å². The Morgan fingerprint density at radius 1 is 1.38 bits per heavy atom. The fourth-order valence-electron chi connectivity index (χ4n) is 2.63. The average Bonchev–Trinajstić information content (AvgIpc) is 2.98. The Bertz CT molecular complexity index is 722. The molecule has 2 aromatic rings. The number of anilines is 1. The first kappa shape index (κ1) is 16.5. The Morgan fingerprint density at radius 2 is 2.12 bits per heavy atom. The van der Waals surface area contributed by atoms with Crippen LogP contribution in [0, 0.1) is 11.6 Å². The number of nitrogens with zero attached hydrogens (tertiary/aromatic N) is 2. The van der Waals surface area contributed by atoms with Crippen molar-refractivity contribution in [3.05, 3.63) is 47.3 Å². The van der Waals surface area contributed by atoms with Crippen molar-refractivity contribution >= 4 is 11.6 Å². The molecule has 24 heavy (non-hydrogen) atoms. The molecule has 1 unspecified atom stereocenters. The number of carbonyl (C=O) groups is 1. The normalized spacial score (nSPS) is 17.7. The molecule has 2 N–H and O–H groups in total.